The van der Waals surface area contributed by atoms with Crippen molar-refractivity contribution in [2.75, 3.05) is 5.75 Å². The van der Waals surface area contributed by atoms with Gasteiger partial charge in [-0.2, -0.15) is 5.26 Å². The lowest BCUT2D eigenvalue weighted by Crippen LogP contribution is -2.54. The van der Waals surface area contributed by atoms with Gasteiger partial charge in [-0.3, -0.25) is 14.4 Å². The highest BCUT2D eigenvalue weighted by Crippen LogP contribution is 2.13. The van der Waals surface area contributed by atoms with Gasteiger partial charge >= 0.3 is 0 Å². The lowest BCUT2D eigenvalue weighted by Gasteiger charge is -2.23. The minimum absolute atomic E-state index is 0.0493. The highest BCUT2D eigenvalue weighted by atomic mass is 79.9. The molecule has 0 spiro atoms. The van der Waals surface area contributed by atoms with Crippen LogP contribution in [0.15, 0.2) is 53.0 Å². The van der Waals surface area contributed by atoms with Crippen molar-refractivity contribution in [1.82, 2.24) is 15.4 Å². The number of benzene rings is 2. The SMILES string of the molecule is CCS(=O)(=O)N[C@H](Cc1ccc(Br)cc1)C(=O)N[C@@H](CCC(N)=O)C(=O)NCc1ccc(C#N)cc1. The molecule has 36 heavy (non-hydrogen) atoms. The second-order valence-electron chi connectivity index (χ2n) is 8.00. The van der Waals surface area contributed by atoms with E-state index in [0.29, 0.717) is 11.1 Å². The number of nitriles is 1. The average Bonchev–Trinajstić information content (AvgIpc) is 2.85. The van der Waals surface area contributed by atoms with Crippen molar-refractivity contribution in [2.24, 2.45) is 5.73 Å². The summed E-state index contributed by atoms with van der Waals surface area (Å²) in [6, 6.07) is 13.3. The Balaban J connectivity index is 2.17. The van der Waals surface area contributed by atoms with Gasteiger partial charge in [-0.1, -0.05) is 40.2 Å². The Bertz CT molecular complexity index is 1210. The number of hydrogen-bond donors (Lipinski definition) is 4. The van der Waals surface area contributed by atoms with Crippen LogP contribution in [0, 0.1) is 11.3 Å². The second kappa shape index (κ2) is 13.7. The zero-order valence-electron chi connectivity index (χ0n) is 19.7. The largest absolute Gasteiger partial charge is 0.370 e. The Morgan fingerprint density at radius 2 is 1.61 bits per heavy atom. The predicted molar refractivity (Wildman–Crippen MR) is 138 cm³/mol. The Morgan fingerprint density at radius 1 is 1.00 bits per heavy atom. The maximum Gasteiger partial charge on any atom is 0.242 e. The average molecular weight is 578 g/mol. The number of amides is 3. The number of halogens is 1. The van der Waals surface area contributed by atoms with Crippen LogP contribution in [0.3, 0.4) is 0 Å². The van der Waals surface area contributed by atoms with Crippen LogP contribution in [-0.4, -0.2) is 44.0 Å². The standard InChI is InChI=1S/C24H28BrN5O5S/c1-2-36(34,35)30-21(13-16-7-9-19(25)10-8-16)24(33)29-20(11-12-22(27)31)23(32)28-15-18-5-3-17(14-26)4-6-18/h3-10,20-21,30H,2,11-13,15H2,1H3,(H2,27,31)(H,28,32)(H,29,33)/t20-,21+/m0/s1. The summed E-state index contributed by atoms with van der Waals surface area (Å²) < 4.78 is 27.7. The fraction of sp³-hybridized carbons (Fsp3) is 0.333. The van der Waals surface area contributed by atoms with Crippen molar-refractivity contribution >= 4 is 43.7 Å². The first-order chi connectivity index (χ1) is 17.0. The number of nitrogens with one attached hydrogen (secondary N) is 3. The first kappa shape index (κ1) is 29.0. The molecule has 10 nitrogen and oxygen atoms in total. The summed E-state index contributed by atoms with van der Waals surface area (Å²) in [6.07, 6.45) is -0.174. The van der Waals surface area contributed by atoms with E-state index >= 15 is 0 Å². The van der Waals surface area contributed by atoms with Crippen LogP contribution in [0.1, 0.15) is 36.5 Å². The summed E-state index contributed by atoms with van der Waals surface area (Å²) in [5, 5.41) is 14.2. The van der Waals surface area contributed by atoms with E-state index in [4.69, 9.17) is 11.0 Å². The van der Waals surface area contributed by atoms with E-state index in [-0.39, 0.29) is 31.6 Å². The fourth-order valence-corrected chi connectivity index (χ4v) is 4.24. The Kier molecular flexibility index (Phi) is 11.0. The first-order valence-corrected chi connectivity index (χ1v) is 13.6. The quantitative estimate of drug-likeness (QED) is 0.279. The van der Waals surface area contributed by atoms with Crippen LogP contribution in [0.5, 0.6) is 0 Å². The normalized spacial score (nSPS) is 12.7. The highest BCUT2D eigenvalue weighted by molar-refractivity contribution is 9.10. The summed E-state index contributed by atoms with van der Waals surface area (Å²) in [6.45, 7) is 1.57. The molecule has 12 heteroatoms. The van der Waals surface area contributed by atoms with Crippen LogP contribution in [0.25, 0.3) is 0 Å². The van der Waals surface area contributed by atoms with Gasteiger partial charge < -0.3 is 16.4 Å². The third-order valence-corrected chi connectivity index (χ3v) is 7.17. The Hall–Kier alpha value is -3.27. The molecule has 0 aliphatic rings. The Labute approximate surface area is 218 Å². The first-order valence-electron chi connectivity index (χ1n) is 11.1. The molecule has 0 aliphatic heterocycles. The molecule has 0 bridgehead atoms. The molecule has 0 radical (unpaired) electrons. The van der Waals surface area contributed by atoms with Crippen LogP contribution >= 0.6 is 15.9 Å². The summed E-state index contributed by atoms with van der Waals surface area (Å²) in [5.74, 6) is -2.15. The number of nitrogens with two attached hydrogens (primary N) is 1. The molecule has 0 saturated heterocycles. The van der Waals surface area contributed by atoms with Crippen LogP contribution in [0.2, 0.25) is 0 Å². The van der Waals surface area contributed by atoms with Crippen LogP contribution in [-0.2, 0) is 37.4 Å². The number of rotatable bonds is 13. The van der Waals surface area contributed by atoms with Gasteiger partial charge in [-0.25, -0.2) is 13.1 Å². The van der Waals surface area contributed by atoms with Crippen molar-refractivity contribution < 1.29 is 22.8 Å². The molecule has 2 aromatic rings. The fourth-order valence-electron chi connectivity index (χ4n) is 3.18. The van der Waals surface area contributed by atoms with Gasteiger partial charge in [0.2, 0.25) is 27.7 Å². The number of carbonyl (C=O) groups excluding carboxylic acids is 3. The summed E-state index contributed by atoms with van der Waals surface area (Å²) in [7, 11) is -3.74. The molecular weight excluding hydrogens is 550 g/mol. The second-order valence-corrected chi connectivity index (χ2v) is 11.0. The minimum Gasteiger partial charge on any atom is -0.370 e. The van der Waals surface area contributed by atoms with Crippen molar-refractivity contribution in [3.05, 3.63) is 69.7 Å². The Morgan fingerprint density at radius 3 is 2.17 bits per heavy atom. The minimum atomic E-state index is -3.74. The number of carbonyl (C=O) groups is 3. The van der Waals surface area contributed by atoms with Crippen LogP contribution < -0.4 is 21.1 Å². The van der Waals surface area contributed by atoms with Crippen molar-refractivity contribution in [3.8, 4) is 6.07 Å². The number of hydrogen-bond acceptors (Lipinski definition) is 6. The van der Waals surface area contributed by atoms with Gasteiger partial charge in [0.25, 0.3) is 0 Å². The van der Waals surface area contributed by atoms with Gasteiger partial charge in [0.1, 0.15) is 12.1 Å². The third kappa shape index (κ3) is 9.77. The van der Waals surface area contributed by atoms with Crippen LogP contribution in [0.4, 0.5) is 0 Å². The predicted octanol–water partition coefficient (Wildman–Crippen LogP) is 1.24. The maximum absolute atomic E-state index is 13.1. The van der Waals surface area contributed by atoms with E-state index in [1.165, 1.54) is 6.92 Å². The number of nitrogens with zero attached hydrogens (tertiary/aromatic N) is 1. The molecular formula is C24H28BrN5O5S. The molecule has 0 heterocycles. The topological polar surface area (TPSA) is 171 Å². The molecule has 0 saturated carbocycles. The highest BCUT2D eigenvalue weighted by Gasteiger charge is 2.28. The van der Waals surface area contributed by atoms with E-state index in [2.05, 4.69) is 31.3 Å². The molecule has 192 valence electrons. The summed E-state index contributed by atoms with van der Waals surface area (Å²) in [4.78, 5) is 37.3. The number of primary amides is 1. The molecule has 5 N–H and O–H groups in total. The molecule has 0 unspecified atom stereocenters. The third-order valence-electron chi connectivity index (χ3n) is 5.23. The number of sulfonamides is 1. The van der Waals surface area contributed by atoms with Gasteiger partial charge in [0.15, 0.2) is 0 Å². The smallest absolute Gasteiger partial charge is 0.242 e. The van der Waals surface area contributed by atoms with Gasteiger partial charge in [-0.15, -0.1) is 0 Å². The van der Waals surface area contributed by atoms with Crippen molar-refractivity contribution in [3.63, 3.8) is 0 Å². The monoisotopic (exact) mass is 577 g/mol. The van der Waals surface area contributed by atoms with E-state index in [9.17, 15) is 22.8 Å². The maximum atomic E-state index is 13.1. The summed E-state index contributed by atoms with van der Waals surface area (Å²) >= 11 is 3.33. The molecule has 2 rings (SSSR count). The van der Waals surface area contributed by atoms with E-state index < -0.39 is 39.8 Å². The van der Waals surface area contributed by atoms with Gasteiger partial charge in [0.05, 0.1) is 17.4 Å². The van der Waals surface area contributed by atoms with Gasteiger partial charge in [0, 0.05) is 17.4 Å². The molecule has 0 aromatic heterocycles. The lowest BCUT2D eigenvalue weighted by atomic mass is 10.0. The summed E-state index contributed by atoms with van der Waals surface area (Å²) in [5.41, 5.74) is 7.14. The zero-order chi connectivity index (χ0) is 26.7. The van der Waals surface area contributed by atoms with E-state index in [1.54, 1.807) is 48.5 Å². The van der Waals surface area contributed by atoms with E-state index in [0.717, 1.165) is 10.0 Å². The molecule has 3 amide bonds. The molecule has 2 aromatic carbocycles. The van der Waals surface area contributed by atoms with E-state index in [1.807, 2.05) is 6.07 Å². The van der Waals surface area contributed by atoms with Gasteiger partial charge in [-0.05, 0) is 55.2 Å². The van der Waals surface area contributed by atoms with Crippen molar-refractivity contribution in [1.29, 1.82) is 5.26 Å². The molecule has 2 atom stereocenters. The lowest BCUT2D eigenvalue weighted by molar-refractivity contribution is -0.130. The van der Waals surface area contributed by atoms with Crippen molar-refractivity contribution in [2.45, 2.75) is 44.8 Å². The zero-order valence-corrected chi connectivity index (χ0v) is 22.1. The molecule has 0 fully saturated rings. The molecule has 0 aliphatic carbocycles.